The molecule has 3 heterocycles. The monoisotopic (exact) mass is 466 g/mol. The Balaban J connectivity index is 1.64. The standard InChI is InChI=1S/C22H25F3N4O4/c1-12(2)18(17-9-13(3)27-32-17)20(31)29-11-15(30)10-16(29)19-26-21(33-28-19,22(23,24)25)14-7-5-4-6-8-14/h4-9,12,15-16,18,30H,10-11H2,1-3H3,(H,26,28)/t15-,16+,18+,21?/m1/s1. The van der Waals surface area contributed by atoms with Gasteiger partial charge in [0.2, 0.25) is 5.91 Å². The first kappa shape index (κ1) is 23.1. The highest BCUT2D eigenvalue weighted by atomic mass is 19.4. The molecule has 0 radical (unpaired) electrons. The summed E-state index contributed by atoms with van der Waals surface area (Å²) in [6.07, 6.45) is -5.75. The number of carbonyl (C=O) groups is 1. The third kappa shape index (κ3) is 4.05. The van der Waals surface area contributed by atoms with Crippen molar-refractivity contribution < 1.29 is 32.4 Å². The molecule has 1 aromatic carbocycles. The van der Waals surface area contributed by atoms with Crippen LogP contribution < -0.4 is 5.32 Å². The van der Waals surface area contributed by atoms with Gasteiger partial charge in [-0.3, -0.25) is 4.79 Å². The van der Waals surface area contributed by atoms with E-state index in [1.807, 2.05) is 13.8 Å². The molecular formula is C22H25F3N4O4. The summed E-state index contributed by atoms with van der Waals surface area (Å²) in [6.45, 7) is 5.35. The van der Waals surface area contributed by atoms with Crippen molar-refractivity contribution in [3.63, 3.8) is 0 Å². The second-order valence-electron chi connectivity index (χ2n) is 8.73. The van der Waals surface area contributed by atoms with Gasteiger partial charge in [0.15, 0.2) is 5.84 Å². The number of aliphatic hydroxyl groups is 1. The van der Waals surface area contributed by atoms with Gasteiger partial charge in [0, 0.05) is 24.6 Å². The molecule has 33 heavy (non-hydrogen) atoms. The van der Waals surface area contributed by atoms with E-state index < -0.39 is 35.9 Å². The summed E-state index contributed by atoms with van der Waals surface area (Å²) in [6, 6.07) is 7.82. The Kier molecular flexibility index (Phi) is 5.85. The zero-order chi connectivity index (χ0) is 24.0. The maximum Gasteiger partial charge on any atom is 0.456 e. The summed E-state index contributed by atoms with van der Waals surface area (Å²) in [4.78, 5) is 19.8. The third-order valence-corrected chi connectivity index (χ3v) is 5.93. The van der Waals surface area contributed by atoms with Crippen LogP contribution in [0, 0.1) is 12.8 Å². The topological polar surface area (TPSA) is 100 Å². The van der Waals surface area contributed by atoms with Crippen LogP contribution >= 0.6 is 0 Å². The molecule has 178 valence electrons. The van der Waals surface area contributed by atoms with E-state index in [0.717, 1.165) is 0 Å². The molecule has 1 fully saturated rings. The largest absolute Gasteiger partial charge is 0.456 e. The van der Waals surface area contributed by atoms with E-state index in [9.17, 15) is 23.1 Å². The molecule has 8 nitrogen and oxygen atoms in total. The van der Waals surface area contributed by atoms with Crippen LogP contribution in [0.15, 0.2) is 46.1 Å². The maximum absolute atomic E-state index is 14.1. The number of nitrogens with zero attached hydrogens (tertiary/aromatic N) is 3. The predicted octanol–water partition coefficient (Wildman–Crippen LogP) is 3.03. The van der Waals surface area contributed by atoms with Gasteiger partial charge < -0.3 is 24.7 Å². The summed E-state index contributed by atoms with van der Waals surface area (Å²) >= 11 is 0. The van der Waals surface area contributed by atoms with Crippen LogP contribution in [0.3, 0.4) is 0 Å². The molecule has 11 heteroatoms. The van der Waals surface area contributed by atoms with Crippen molar-refractivity contribution in [2.75, 3.05) is 6.54 Å². The molecule has 4 rings (SSSR count). The van der Waals surface area contributed by atoms with Crippen LogP contribution in [0.1, 0.15) is 43.2 Å². The Morgan fingerprint density at radius 1 is 1.30 bits per heavy atom. The van der Waals surface area contributed by atoms with Crippen molar-refractivity contribution in [1.82, 2.24) is 15.4 Å². The fraction of sp³-hybridized carbons (Fsp3) is 0.500. The molecule has 4 atom stereocenters. The normalized spacial score (nSPS) is 26.2. The number of aliphatic hydroxyl groups excluding tert-OH is 1. The molecule has 0 saturated carbocycles. The van der Waals surface area contributed by atoms with Crippen LogP contribution in [0.4, 0.5) is 13.2 Å². The van der Waals surface area contributed by atoms with Gasteiger partial charge in [0.25, 0.3) is 0 Å². The first-order valence-electron chi connectivity index (χ1n) is 10.6. The van der Waals surface area contributed by atoms with Gasteiger partial charge in [0.1, 0.15) is 11.7 Å². The Morgan fingerprint density at radius 3 is 2.58 bits per heavy atom. The van der Waals surface area contributed by atoms with Crippen LogP contribution in [-0.2, 0) is 15.4 Å². The Morgan fingerprint density at radius 2 is 2.00 bits per heavy atom. The number of amides is 1. The van der Waals surface area contributed by atoms with Gasteiger partial charge in [-0.25, -0.2) is 0 Å². The third-order valence-electron chi connectivity index (χ3n) is 5.93. The van der Waals surface area contributed by atoms with Gasteiger partial charge in [-0.15, -0.1) is 0 Å². The Hall–Kier alpha value is -3.08. The van der Waals surface area contributed by atoms with E-state index in [1.54, 1.807) is 19.1 Å². The van der Waals surface area contributed by atoms with E-state index >= 15 is 0 Å². The van der Waals surface area contributed by atoms with Gasteiger partial charge in [-0.1, -0.05) is 54.5 Å². The van der Waals surface area contributed by atoms with Gasteiger partial charge in [-0.05, 0) is 12.8 Å². The van der Waals surface area contributed by atoms with Crippen molar-refractivity contribution in [2.24, 2.45) is 11.1 Å². The number of alkyl halides is 3. The Bertz CT molecular complexity index is 1040. The number of aryl methyl sites for hydroxylation is 1. The molecule has 2 aromatic rings. The molecule has 2 aliphatic rings. The molecule has 1 saturated heterocycles. The number of halogens is 3. The average Bonchev–Trinajstić information content (AvgIpc) is 3.46. The number of oxime groups is 1. The number of β-amino-alcohol motifs (C(OH)–C–C–N with tert-alkyl or cyclic N) is 1. The minimum absolute atomic E-state index is 0.0178. The lowest BCUT2D eigenvalue weighted by Gasteiger charge is -2.32. The average molecular weight is 466 g/mol. The second-order valence-corrected chi connectivity index (χ2v) is 8.73. The fourth-order valence-electron chi connectivity index (χ4n) is 4.33. The number of benzene rings is 1. The van der Waals surface area contributed by atoms with Crippen LogP contribution in [0.25, 0.3) is 0 Å². The lowest BCUT2D eigenvalue weighted by molar-refractivity contribution is -0.284. The summed E-state index contributed by atoms with van der Waals surface area (Å²) in [5.74, 6) is -1.10. The second kappa shape index (κ2) is 8.36. The number of hydrogen-bond donors (Lipinski definition) is 2. The lowest BCUT2D eigenvalue weighted by atomic mass is 9.91. The number of hydrogen-bond acceptors (Lipinski definition) is 7. The smallest absolute Gasteiger partial charge is 0.391 e. The zero-order valence-corrected chi connectivity index (χ0v) is 18.3. The molecule has 0 bridgehead atoms. The van der Waals surface area contributed by atoms with Gasteiger partial charge in [-0.2, -0.15) is 13.2 Å². The number of carbonyl (C=O) groups excluding carboxylic acids is 1. The first-order valence-corrected chi connectivity index (χ1v) is 10.6. The van der Waals surface area contributed by atoms with Crippen molar-refractivity contribution in [3.8, 4) is 0 Å². The quantitative estimate of drug-likeness (QED) is 0.703. The molecule has 1 amide bonds. The summed E-state index contributed by atoms with van der Waals surface area (Å²) < 4.78 is 47.7. The zero-order valence-electron chi connectivity index (χ0n) is 18.3. The molecule has 1 aromatic heterocycles. The first-order chi connectivity index (χ1) is 15.5. The summed E-state index contributed by atoms with van der Waals surface area (Å²) in [7, 11) is 0. The number of likely N-dealkylation sites (tertiary alicyclic amines) is 1. The van der Waals surface area contributed by atoms with E-state index in [1.165, 1.54) is 29.2 Å². The van der Waals surface area contributed by atoms with E-state index in [-0.39, 0.29) is 30.3 Å². The predicted molar refractivity (Wildman–Crippen MR) is 111 cm³/mol. The SMILES string of the molecule is Cc1cc([C@@H](C(=O)N2C[C@H](O)C[C@H]2C2=NOC(c3ccccc3)(C(F)(F)F)N2)C(C)C)on1. The van der Waals surface area contributed by atoms with Gasteiger partial charge >= 0.3 is 11.9 Å². The molecule has 2 aliphatic heterocycles. The number of rotatable bonds is 5. The maximum atomic E-state index is 14.1. The molecule has 0 spiro atoms. The van der Waals surface area contributed by atoms with Crippen molar-refractivity contribution in [2.45, 2.75) is 57.2 Å². The molecular weight excluding hydrogens is 441 g/mol. The highest BCUT2D eigenvalue weighted by Gasteiger charge is 2.64. The van der Waals surface area contributed by atoms with E-state index in [4.69, 9.17) is 9.36 Å². The van der Waals surface area contributed by atoms with Crippen molar-refractivity contribution in [1.29, 1.82) is 0 Å². The van der Waals surface area contributed by atoms with Crippen LogP contribution in [0.5, 0.6) is 0 Å². The summed E-state index contributed by atoms with van der Waals surface area (Å²) in [5.41, 5.74) is -2.45. The molecule has 0 aliphatic carbocycles. The van der Waals surface area contributed by atoms with Crippen molar-refractivity contribution in [3.05, 3.63) is 53.4 Å². The highest BCUT2D eigenvalue weighted by Crippen LogP contribution is 2.43. The highest BCUT2D eigenvalue weighted by molar-refractivity contribution is 5.94. The summed E-state index contributed by atoms with van der Waals surface area (Å²) in [5, 5.41) is 20.2. The molecule has 2 N–H and O–H groups in total. The number of aromatic nitrogens is 1. The van der Waals surface area contributed by atoms with Crippen LogP contribution in [-0.4, -0.2) is 51.8 Å². The van der Waals surface area contributed by atoms with E-state index in [0.29, 0.717) is 11.5 Å². The minimum Gasteiger partial charge on any atom is -0.391 e. The fourth-order valence-corrected chi connectivity index (χ4v) is 4.33. The number of nitrogens with one attached hydrogen (secondary N) is 1. The number of amidine groups is 1. The van der Waals surface area contributed by atoms with Crippen molar-refractivity contribution >= 4 is 11.7 Å². The lowest BCUT2D eigenvalue weighted by Crippen LogP contribution is -2.57. The Labute approximate surface area is 188 Å². The van der Waals surface area contributed by atoms with Gasteiger partial charge in [0.05, 0.1) is 17.8 Å². The van der Waals surface area contributed by atoms with Crippen LogP contribution in [0.2, 0.25) is 0 Å². The minimum atomic E-state index is -4.84. The molecule has 1 unspecified atom stereocenters. The van der Waals surface area contributed by atoms with E-state index in [2.05, 4.69) is 15.6 Å².